The molecular formula is C55H73BBr2N4O5S2. The minimum absolute atomic E-state index is 0. The van der Waals surface area contributed by atoms with E-state index < -0.39 is 7.12 Å². The Morgan fingerprint density at radius 2 is 0.710 bits per heavy atom. The molecule has 0 radical (unpaired) electrons. The second kappa shape index (κ2) is 33.6. The standard InChI is InChI=1S/C34H44N2O2S.C14H23BO3.C6H2Br2N2S.CH4/c1-3-5-7-9-11-13-25-37-29-19-15-27(16-20-29)31-23-24-32(34-33(31)35-39-36-34)28-17-21-30(22-18-28)38-26-14-12-10-8-6-4-2;1-2-3-4-5-6-7-12-18-14-10-8-13(9-11-14)15(16)17;7-3-1-2-4(8)6-5(3)9-11-10-6;/h15-24H,3-14,25-26H2,1-2H3;8-11,16-17H,2-7,12H2,1H3;1-2H;1H4. The van der Waals surface area contributed by atoms with E-state index in [2.05, 4.69) is 131 Å². The lowest BCUT2D eigenvalue weighted by molar-refractivity contribution is 0.304. The monoisotopic (exact) mass is 1100 g/mol. The van der Waals surface area contributed by atoms with Gasteiger partial charge in [-0.3, -0.25) is 0 Å². The van der Waals surface area contributed by atoms with E-state index in [1.807, 2.05) is 12.1 Å². The highest BCUT2D eigenvalue weighted by atomic mass is 79.9. The third kappa shape index (κ3) is 20.0. The van der Waals surface area contributed by atoms with Crippen LogP contribution >= 0.6 is 55.3 Å². The van der Waals surface area contributed by atoms with Gasteiger partial charge in [0.25, 0.3) is 0 Å². The van der Waals surface area contributed by atoms with Gasteiger partial charge in [-0.2, -0.15) is 17.5 Å². The molecule has 372 valence electrons. The minimum Gasteiger partial charge on any atom is -0.494 e. The molecule has 0 saturated carbocycles. The predicted molar refractivity (Wildman–Crippen MR) is 301 cm³/mol. The van der Waals surface area contributed by atoms with Gasteiger partial charge in [-0.05, 0) is 116 Å². The number of aromatic nitrogens is 4. The number of ether oxygens (including phenoxy) is 3. The van der Waals surface area contributed by atoms with Gasteiger partial charge < -0.3 is 24.3 Å². The van der Waals surface area contributed by atoms with E-state index in [-0.39, 0.29) is 7.43 Å². The second-order valence-electron chi connectivity index (χ2n) is 17.0. The van der Waals surface area contributed by atoms with Crippen molar-refractivity contribution in [2.75, 3.05) is 19.8 Å². The van der Waals surface area contributed by atoms with Crippen molar-refractivity contribution in [2.45, 2.75) is 144 Å². The van der Waals surface area contributed by atoms with Crippen molar-refractivity contribution in [1.29, 1.82) is 0 Å². The van der Waals surface area contributed by atoms with Gasteiger partial charge in [0.15, 0.2) is 0 Å². The lowest BCUT2D eigenvalue weighted by Crippen LogP contribution is -2.29. The molecule has 7 rings (SSSR count). The quantitative estimate of drug-likeness (QED) is 0.0383. The molecule has 7 aromatic rings. The molecule has 0 bridgehead atoms. The first-order valence-electron chi connectivity index (χ1n) is 24.7. The normalized spacial score (nSPS) is 10.8. The molecule has 9 nitrogen and oxygen atoms in total. The van der Waals surface area contributed by atoms with Crippen LogP contribution in [0, 0.1) is 0 Å². The average Bonchev–Trinajstić information content (AvgIpc) is 4.08. The van der Waals surface area contributed by atoms with Gasteiger partial charge in [-0.25, -0.2) is 0 Å². The van der Waals surface area contributed by atoms with Crippen molar-refractivity contribution in [2.24, 2.45) is 0 Å². The fourth-order valence-electron chi connectivity index (χ4n) is 7.55. The molecule has 2 heterocycles. The smallest absolute Gasteiger partial charge is 0.488 e. The molecule has 0 aliphatic heterocycles. The highest BCUT2D eigenvalue weighted by molar-refractivity contribution is 9.11. The molecule has 0 amide bonds. The topological polar surface area (TPSA) is 120 Å². The summed E-state index contributed by atoms with van der Waals surface area (Å²) in [5.41, 5.74) is 8.68. The van der Waals surface area contributed by atoms with Crippen molar-refractivity contribution in [3.8, 4) is 39.5 Å². The van der Waals surface area contributed by atoms with E-state index in [1.165, 1.54) is 120 Å². The summed E-state index contributed by atoms with van der Waals surface area (Å²) in [5, 5.41) is 17.9. The molecule has 0 atom stereocenters. The van der Waals surface area contributed by atoms with Gasteiger partial charge in [-0.15, -0.1) is 0 Å². The zero-order chi connectivity index (χ0) is 48.2. The maximum Gasteiger partial charge on any atom is 0.488 e. The summed E-state index contributed by atoms with van der Waals surface area (Å²) in [6, 6.07) is 31.9. The lowest BCUT2D eigenvalue weighted by atomic mass is 9.80. The molecule has 69 heavy (non-hydrogen) atoms. The third-order valence-corrected chi connectivity index (χ3v) is 13.9. The van der Waals surface area contributed by atoms with Crippen LogP contribution < -0.4 is 19.7 Å². The molecule has 0 aliphatic rings. The Bertz CT molecular complexity index is 2310. The van der Waals surface area contributed by atoms with Crippen LogP contribution in [0.5, 0.6) is 17.2 Å². The van der Waals surface area contributed by atoms with Gasteiger partial charge in [0.05, 0.1) is 43.3 Å². The minimum atomic E-state index is -1.40. The number of benzene rings is 5. The fourth-order valence-corrected chi connectivity index (χ4v) is 9.75. The van der Waals surface area contributed by atoms with Crippen molar-refractivity contribution in [1.82, 2.24) is 17.5 Å². The van der Waals surface area contributed by atoms with Gasteiger partial charge in [0.1, 0.15) is 39.3 Å². The molecule has 0 unspecified atom stereocenters. The highest BCUT2D eigenvalue weighted by Gasteiger charge is 2.14. The number of unbranched alkanes of at least 4 members (excludes halogenated alkanes) is 15. The van der Waals surface area contributed by atoms with E-state index in [1.54, 1.807) is 24.3 Å². The Hall–Kier alpha value is -3.92. The third-order valence-electron chi connectivity index (χ3n) is 11.5. The van der Waals surface area contributed by atoms with Gasteiger partial charge in [0.2, 0.25) is 0 Å². The van der Waals surface area contributed by atoms with Crippen LogP contribution in [-0.4, -0.2) is 54.5 Å². The fraction of sp³-hybridized carbons (Fsp3) is 0.455. The van der Waals surface area contributed by atoms with Crippen molar-refractivity contribution in [3.05, 3.63) is 106 Å². The number of halogens is 2. The van der Waals surface area contributed by atoms with Crippen LogP contribution in [0.25, 0.3) is 44.3 Å². The van der Waals surface area contributed by atoms with Gasteiger partial charge in [0, 0.05) is 20.1 Å². The Kier molecular flexibility index (Phi) is 28.1. The van der Waals surface area contributed by atoms with Crippen LogP contribution in [0.2, 0.25) is 0 Å². The van der Waals surface area contributed by atoms with E-state index >= 15 is 0 Å². The zero-order valence-electron chi connectivity index (χ0n) is 40.1. The maximum atomic E-state index is 8.95. The van der Waals surface area contributed by atoms with Crippen LogP contribution in [0.4, 0.5) is 0 Å². The zero-order valence-corrected chi connectivity index (χ0v) is 44.9. The number of nitrogens with zero attached hydrogens (tertiary/aromatic N) is 4. The van der Waals surface area contributed by atoms with E-state index in [4.69, 9.17) is 24.3 Å². The van der Waals surface area contributed by atoms with Crippen LogP contribution in [0.15, 0.2) is 106 Å². The van der Waals surface area contributed by atoms with E-state index in [9.17, 15) is 0 Å². The first-order valence-corrected chi connectivity index (χ1v) is 27.7. The summed E-state index contributed by atoms with van der Waals surface area (Å²) in [6.45, 7) is 9.02. The summed E-state index contributed by atoms with van der Waals surface area (Å²) < 4.78 is 37.1. The van der Waals surface area contributed by atoms with Crippen molar-refractivity contribution >= 4 is 90.0 Å². The molecule has 0 aliphatic carbocycles. The first kappa shape index (κ1) is 57.7. The van der Waals surface area contributed by atoms with Gasteiger partial charge >= 0.3 is 7.12 Å². The highest BCUT2D eigenvalue weighted by Crippen LogP contribution is 2.36. The Morgan fingerprint density at radius 1 is 0.406 bits per heavy atom. The number of rotatable bonds is 27. The number of hydrogen-bond acceptors (Lipinski definition) is 11. The molecule has 0 spiro atoms. The Labute approximate surface area is 437 Å². The summed E-state index contributed by atoms with van der Waals surface area (Å²) in [5.74, 6) is 2.64. The summed E-state index contributed by atoms with van der Waals surface area (Å²) in [6.07, 6.45) is 22.8. The van der Waals surface area contributed by atoms with Crippen LogP contribution in [0.3, 0.4) is 0 Å². The summed E-state index contributed by atoms with van der Waals surface area (Å²) in [7, 11) is -1.40. The molecule has 2 aromatic heterocycles. The molecule has 0 saturated heterocycles. The van der Waals surface area contributed by atoms with E-state index in [0.717, 1.165) is 110 Å². The predicted octanol–water partition coefficient (Wildman–Crippen LogP) is 16.5. The molecule has 0 fully saturated rings. The van der Waals surface area contributed by atoms with Crippen molar-refractivity contribution in [3.63, 3.8) is 0 Å². The number of hydrogen-bond donors (Lipinski definition) is 2. The largest absolute Gasteiger partial charge is 0.494 e. The lowest BCUT2D eigenvalue weighted by Gasteiger charge is -2.10. The number of fused-ring (bicyclic) bond motifs is 2. The van der Waals surface area contributed by atoms with Crippen LogP contribution in [0.1, 0.15) is 144 Å². The molecule has 14 heteroatoms. The Balaban J connectivity index is 0.000000282. The van der Waals surface area contributed by atoms with Crippen molar-refractivity contribution < 1.29 is 24.3 Å². The van der Waals surface area contributed by atoms with E-state index in [0.29, 0.717) is 5.46 Å². The summed E-state index contributed by atoms with van der Waals surface area (Å²) in [4.78, 5) is 0. The molecular weight excluding hydrogens is 1030 g/mol. The average molecular weight is 1100 g/mol. The molecule has 5 aromatic carbocycles. The second-order valence-corrected chi connectivity index (χ2v) is 19.7. The SMILES string of the molecule is Brc1ccc(Br)c2nsnc12.C.CCCCCCCCOc1ccc(-c2ccc(-c3ccc(OCCCCCCCC)cc3)c3nsnc23)cc1.CCCCCCCCOc1ccc(B(O)O)cc1. The Morgan fingerprint density at radius 3 is 1.04 bits per heavy atom. The van der Waals surface area contributed by atoms with Gasteiger partial charge in [-0.1, -0.05) is 173 Å². The maximum absolute atomic E-state index is 8.95. The van der Waals surface area contributed by atoms with Crippen LogP contribution in [-0.2, 0) is 0 Å². The summed E-state index contributed by atoms with van der Waals surface area (Å²) >= 11 is 9.28. The first-order chi connectivity index (χ1) is 33.3. The molecule has 2 N–H and O–H groups in total.